The normalized spacial score (nSPS) is 10.2. The minimum atomic E-state index is -0.664. The van der Waals surface area contributed by atoms with Crippen molar-refractivity contribution < 1.29 is 4.92 Å². The fourth-order valence-electron chi connectivity index (χ4n) is 1.53. The maximum Gasteiger partial charge on any atom is 0.341 e. The van der Waals surface area contributed by atoms with E-state index in [1.807, 2.05) is 6.07 Å². The molecule has 0 radical (unpaired) electrons. The maximum absolute atomic E-state index is 10.7. The number of aromatic amines is 1. The highest BCUT2D eigenvalue weighted by Crippen LogP contribution is 2.40. The molecule has 1 aromatic heterocycles. The summed E-state index contributed by atoms with van der Waals surface area (Å²) in [5, 5.41) is 19.6. The van der Waals surface area contributed by atoms with Gasteiger partial charge in [0.2, 0.25) is 0 Å². The zero-order chi connectivity index (χ0) is 14.2. The van der Waals surface area contributed by atoms with Crippen LogP contribution in [0.1, 0.15) is 5.56 Å². The topological polar surface area (TPSA) is 82.7 Å². The highest BCUT2D eigenvalue weighted by atomic mass is 35.5. The smallest absolute Gasteiger partial charge is 0.341 e. The molecule has 5 nitrogen and oxygen atoms in total. The van der Waals surface area contributed by atoms with Crippen LogP contribution in [0.5, 0.6) is 0 Å². The van der Waals surface area contributed by atoms with E-state index in [4.69, 9.17) is 40.1 Å². The van der Waals surface area contributed by atoms with Crippen molar-refractivity contribution in [3.63, 3.8) is 0 Å². The van der Waals surface area contributed by atoms with E-state index in [2.05, 4.69) is 4.98 Å². The summed E-state index contributed by atoms with van der Waals surface area (Å²) in [6.45, 7) is 0. The number of nitrogens with one attached hydrogen (secondary N) is 1. The number of H-pyrrole nitrogens is 1. The molecular weight excluding hydrogens is 312 g/mol. The van der Waals surface area contributed by atoms with Crippen LogP contribution in [0.25, 0.3) is 11.3 Å². The van der Waals surface area contributed by atoms with Gasteiger partial charge in [0.1, 0.15) is 11.1 Å². The maximum atomic E-state index is 10.7. The van der Waals surface area contributed by atoms with Gasteiger partial charge < -0.3 is 10.1 Å². The van der Waals surface area contributed by atoms with E-state index in [1.165, 1.54) is 12.1 Å². The summed E-state index contributed by atoms with van der Waals surface area (Å²) in [5.41, 5.74) is 1.09. The lowest BCUT2D eigenvalue weighted by atomic mass is 10.1. The zero-order valence-corrected chi connectivity index (χ0v) is 11.3. The lowest BCUT2D eigenvalue weighted by Crippen LogP contribution is -1.88. The van der Waals surface area contributed by atoms with E-state index >= 15 is 0 Å². The SMILES string of the molecule is N#Cc1ccc(-c2[nH]c([N+](=O)[O-])c(Cl)c2Cl)cc1Cl. The van der Waals surface area contributed by atoms with E-state index in [-0.39, 0.29) is 26.6 Å². The van der Waals surface area contributed by atoms with E-state index in [0.717, 1.165) is 0 Å². The molecule has 19 heavy (non-hydrogen) atoms. The molecule has 0 saturated carbocycles. The number of hydrogen-bond donors (Lipinski definition) is 1. The summed E-state index contributed by atoms with van der Waals surface area (Å²) in [6, 6.07) is 6.46. The molecule has 0 atom stereocenters. The molecule has 2 aromatic rings. The Hall–Kier alpha value is -1.74. The minimum Gasteiger partial charge on any atom is -0.358 e. The van der Waals surface area contributed by atoms with Crippen molar-refractivity contribution in [3.05, 3.63) is 48.9 Å². The van der Waals surface area contributed by atoms with Crippen LogP contribution in [0, 0.1) is 21.4 Å². The number of nitro groups is 1. The molecule has 1 heterocycles. The molecule has 0 aliphatic heterocycles. The van der Waals surface area contributed by atoms with Crippen molar-refractivity contribution in [1.82, 2.24) is 4.98 Å². The predicted molar refractivity (Wildman–Crippen MR) is 72.6 cm³/mol. The van der Waals surface area contributed by atoms with Crippen molar-refractivity contribution in [2.75, 3.05) is 0 Å². The molecule has 0 amide bonds. The molecule has 2 rings (SSSR count). The van der Waals surface area contributed by atoms with E-state index in [0.29, 0.717) is 11.1 Å². The van der Waals surface area contributed by atoms with Gasteiger partial charge in [-0.1, -0.05) is 34.8 Å². The highest BCUT2D eigenvalue weighted by molar-refractivity contribution is 6.45. The van der Waals surface area contributed by atoms with Crippen LogP contribution in [-0.2, 0) is 0 Å². The summed E-state index contributed by atoms with van der Waals surface area (Å²) < 4.78 is 0. The number of benzene rings is 1. The molecule has 8 heteroatoms. The van der Waals surface area contributed by atoms with Crippen LogP contribution in [0.3, 0.4) is 0 Å². The monoisotopic (exact) mass is 315 g/mol. The van der Waals surface area contributed by atoms with Gasteiger partial charge in [-0.15, -0.1) is 0 Å². The Morgan fingerprint density at radius 3 is 2.42 bits per heavy atom. The van der Waals surface area contributed by atoms with Crippen LogP contribution in [0.15, 0.2) is 18.2 Å². The summed E-state index contributed by atoms with van der Waals surface area (Å²) >= 11 is 17.6. The van der Waals surface area contributed by atoms with E-state index in [9.17, 15) is 10.1 Å². The Morgan fingerprint density at radius 2 is 1.95 bits per heavy atom. The minimum absolute atomic E-state index is 0.0362. The van der Waals surface area contributed by atoms with Crippen molar-refractivity contribution >= 4 is 40.6 Å². The average molecular weight is 317 g/mol. The zero-order valence-electron chi connectivity index (χ0n) is 9.08. The van der Waals surface area contributed by atoms with Crippen LogP contribution < -0.4 is 0 Å². The van der Waals surface area contributed by atoms with Crippen molar-refractivity contribution in [3.8, 4) is 17.3 Å². The summed E-state index contributed by atoms with van der Waals surface area (Å²) in [5.74, 6) is -0.387. The van der Waals surface area contributed by atoms with Gasteiger partial charge in [-0.3, -0.25) is 0 Å². The van der Waals surface area contributed by atoms with Gasteiger partial charge in [0.05, 0.1) is 10.6 Å². The van der Waals surface area contributed by atoms with Crippen LogP contribution >= 0.6 is 34.8 Å². The number of aromatic nitrogens is 1. The van der Waals surface area contributed by atoms with Gasteiger partial charge in [-0.05, 0) is 23.1 Å². The molecule has 0 aliphatic carbocycles. The quantitative estimate of drug-likeness (QED) is 0.657. The number of hydrogen-bond acceptors (Lipinski definition) is 3. The molecule has 0 unspecified atom stereocenters. The summed E-state index contributed by atoms with van der Waals surface area (Å²) in [6.07, 6.45) is 0. The average Bonchev–Trinajstić information content (AvgIpc) is 2.66. The van der Waals surface area contributed by atoms with Gasteiger partial charge in [0.25, 0.3) is 0 Å². The van der Waals surface area contributed by atoms with Crippen LogP contribution in [-0.4, -0.2) is 9.91 Å². The Labute approximate surface area is 122 Å². The second-order valence-corrected chi connectivity index (χ2v) is 4.70. The van der Waals surface area contributed by atoms with Crippen molar-refractivity contribution in [2.45, 2.75) is 0 Å². The molecular formula is C11H4Cl3N3O2. The second kappa shape index (κ2) is 5.10. The molecule has 96 valence electrons. The first kappa shape index (κ1) is 13.7. The third kappa shape index (κ3) is 2.38. The third-order valence-electron chi connectivity index (χ3n) is 2.42. The number of rotatable bonds is 2. The molecule has 1 aromatic carbocycles. The van der Waals surface area contributed by atoms with Crippen LogP contribution in [0.2, 0.25) is 15.1 Å². The van der Waals surface area contributed by atoms with E-state index in [1.54, 1.807) is 6.07 Å². The Kier molecular flexibility index (Phi) is 3.67. The third-order valence-corrected chi connectivity index (χ3v) is 3.58. The molecule has 1 N–H and O–H groups in total. The Balaban J connectivity index is 2.60. The lowest BCUT2D eigenvalue weighted by molar-refractivity contribution is -0.389. The molecule has 0 spiro atoms. The van der Waals surface area contributed by atoms with Crippen molar-refractivity contribution in [1.29, 1.82) is 5.26 Å². The van der Waals surface area contributed by atoms with E-state index < -0.39 is 4.92 Å². The molecule has 0 bridgehead atoms. The van der Waals surface area contributed by atoms with Gasteiger partial charge in [0.15, 0.2) is 10.7 Å². The van der Waals surface area contributed by atoms with Crippen LogP contribution in [0.4, 0.5) is 5.82 Å². The standard InChI is InChI=1S/C11H4Cl3N3O2/c12-7-3-5(1-2-6(7)4-15)10-8(13)9(14)11(16-10)17(18)19/h1-3,16H. The van der Waals surface area contributed by atoms with Gasteiger partial charge in [-0.2, -0.15) is 5.26 Å². The number of nitriles is 1. The molecule has 0 saturated heterocycles. The number of nitrogens with zero attached hydrogens (tertiary/aromatic N) is 2. The first-order chi connectivity index (χ1) is 8.95. The van der Waals surface area contributed by atoms with Crippen molar-refractivity contribution in [2.24, 2.45) is 0 Å². The van der Waals surface area contributed by atoms with Gasteiger partial charge >= 0.3 is 5.82 Å². The largest absolute Gasteiger partial charge is 0.358 e. The second-order valence-electron chi connectivity index (χ2n) is 3.54. The summed E-state index contributed by atoms with van der Waals surface area (Å²) in [4.78, 5) is 12.6. The first-order valence-electron chi connectivity index (χ1n) is 4.87. The molecule has 0 aliphatic rings. The molecule has 0 fully saturated rings. The van der Waals surface area contributed by atoms with Gasteiger partial charge in [0, 0.05) is 5.56 Å². The first-order valence-corrected chi connectivity index (χ1v) is 6.00. The predicted octanol–water partition coefficient (Wildman–Crippen LogP) is 4.42. The Bertz CT molecular complexity index is 719. The summed E-state index contributed by atoms with van der Waals surface area (Å²) in [7, 11) is 0. The highest BCUT2D eigenvalue weighted by Gasteiger charge is 2.24. The number of halogens is 3. The lowest BCUT2D eigenvalue weighted by Gasteiger charge is -1.99. The fourth-order valence-corrected chi connectivity index (χ4v) is 2.21. The Morgan fingerprint density at radius 1 is 1.26 bits per heavy atom. The van der Waals surface area contributed by atoms with Gasteiger partial charge in [-0.25, -0.2) is 4.98 Å². The fraction of sp³-hybridized carbons (Fsp3) is 0.